The number of benzene rings is 1. The van der Waals surface area contributed by atoms with Gasteiger partial charge in [-0.2, -0.15) is 0 Å². The third-order valence-corrected chi connectivity index (χ3v) is 4.31. The van der Waals surface area contributed by atoms with Crippen LogP contribution in [0.25, 0.3) is 0 Å². The number of aliphatic hydroxyl groups excluding tert-OH is 1. The first-order valence-electron chi connectivity index (χ1n) is 8.36. The van der Waals surface area contributed by atoms with Crippen LogP contribution in [-0.2, 0) is 6.42 Å². The molecule has 2 nitrogen and oxygen atoms in total. The van der Waals surface area contributed by atoms with Gasteiger partial charge in [0.2, 0.25) is 8.32 Å². The molecule has 0 bridgehead atoms. The van der Waals surface area contributed by atoms with Gasteiger partial charge in [-0.3, -0.25) is 0 Å². The molecule has 0 aliphatic rings. The minimum atomic E-state index is -1.53. The molecule has 3 heteroatoms. The topological polar surface area (TPSA) is 29.5 Å². The number of rotatable bonds is 10. The quantitative estimate of drug-likeness (QED) is 0.477. The first-order valence-corrected chi connectivity index (χ1v) is 11.8. The van der Waals surface area contributed by atoms with Crippen LogP contribution >= 0.6 is 0 Å². The average molecular weight is 309 g/mol. The molecule has 0 heterocycles. The smallest absolute Gasteiger partial charge is 0.242 e. The minimum Gasteiger partial charge on any atom is -0.544 e. The monoisotopic (exact) mass is 308 g/mol. The Labute approximate surface area is 131 Å². The number of unbranched alkanes of at least 4 members (excludes halogenated alkanes) is 4. The Balaban J connectivity index is 2.31. The standard InChI is InChI=1S/C18H32O2Si/c1-5-6-7-8-9-10-17(19)15-16-11-13-18(14-12-16)20-21(2,3)4/h11-14,17,19H,5-10,15H2,1-4H3. The molecule has 1 aromatic carbocycles. The van der Waals surface area contributed by atoms with Gasteiger partial charge in [0.05, 0.1) is 6.10 Å². The van der Waals surface area contributed by atoms with E-state index in [1.54, 1.807) is 0 Å². The van der Waals surface area contributed by atoms with E-state index in [1.165, 1.54) is 31.2 Å². The molecular formula is C18H32O2Si. The van der Waals surface area contributed by atoms with Crippen molar-refractivity contribution in [3.05, 3.63) is 29.8 Å². The summed E-state index contributed by atoms with van der Waals surface area (Å²) in [6.45, 7) is 8.78. The predicted molar refractivity (Wildman–Crippen MR) is 93.5 cm³/mol. The molecule has 1 unspecified atom stereocenters. The lowest BCUT2D eigenvalue weighted by Gasteiger charge is -2.19. The average Bonchev–Trinajstić information content (AvgIpc) is 2.39. The van der Waals surface area contributed by atoms with Crippen LogP contribution in [0.3, 0.4) is 0 Å². The summed E-state index contributed by atoms with van der Waals surface area (Å²) in [5.41, 5.74) is 1.19. The van der Waals surface area contributed by atoms with Gasteiger partial charge in [-0.25, -0.2) is 0 Å². The molecule has 120 valence electrons. The van der Waals surface area contributed by atoms with Crippen LogP contribution in [-0.4, -0.2) is 19.5 Å². The van der Waals surface area contributed by atoms with E-state index in [0.29, 0.717) is 0 Å². The van der Waals surface area contributed by atoms with E-state index in [1.807, 2.05) is 12.1 Å². The predicted octanol–water partition coefficient (Wildman–Crippen LogP) is 5.16. The lowest BCUT2D eigenvalue weighted by molar-refractivity contribution is 0.161. The molecule has 0 saturated heterocycles. The Hall–Kier alpha value is -0.803. The lowest BCUT2D eigenvalue weighted by Crippen LogP contribution is -2.29. The van der Waals surface area contributed by atoms with Gasteiger partial charge < -0.3 is 9.53 Å². The molecule has 0 spiro atoms. The summed E-state index contributed by atoms with van der Waals surface area (Å²) in [5.74, 6) is 0.951. The van der Waals surface area contributed by atoms with Crippen molar-refractivity contribution in [2.45, 2.75) is 77.6 Å². The zero-order valence-corrected chi connectivity index (χ0v) is 15.2. The molecular weight excluding hydrogens is 276 g/mol. The second-order valence-electron chi connectivity index (χ2n) is 6.92. The van der Waals surface area contributed by atoms with Gasteiger partial charge in [0, 0.05) is 0 Å². The summed E-state index contributed by atoms with van der Waals surface area (Å²) < 4.78 is 5.94. The molecule has 0 amide bonds. The van der Waals surface area contributed by atoms with Crippen molar-refractivity contribution in [1.29, 1.82) is 0 Å². The molecule has 21 heavy (non-hydrogen) atoms. The number of hydrogen-bond donors (Lipinski definition) is 1. The second kappa shape index (κ2) is 9.26. The maximum absolute atomic E-state index is 10.1. The van der Waals surface area contributed by atoms with Crippen molar-refractivity contribution in [3.63, 3.8) is 0 Å². The summed E-state index contributed by atoms with van der Waals surface area (Å²) >= 11 is 0. The van der Waals surface area contributed by atoms with Gasteiger partial charge in [0.1, 0.15) is 5.75 Å². The molecule has 1 rings (SSSR count). The van der Waals surface area contributed by atoms with Crippen molar-refractivity contribution in [2.75, 3.05) is 0 Å². The molecule has 1 aromatic rings. The van der Waals surface area contributed by atoms with E-state index >= 15 is 0 Å². The maximum Gasteiger partial charge on any atom is 0.242 e. The van der Waals surface area contributed by atoms with Gasteiger partial charge in [0.25, 0.3) is 0 Å². The van der Waals surface area contributed by atoms with E-state index in [9.17, 15) is 5.11 Å². The van der Waals surface area contributed by atoms with Crippen molar-refractivity contribution >= 4 is 8.32 Å². The zero-order chi connectivity index (χ0) is 15.7. The van der Waals surface area contributed by atoms with Crippen LogP contribution in [0.15, 0.2) is 24.3 Å². The summed E-state index contributed by atoms with van der Waals surface area (Å²) in [5, 5.41) is 10.1. The Morgan fingerprint density at radius 1 is 1.00 bits per heavy atom. The molecule has 0 radical (unpaired) electrons. The van der Waals surface area contributed by atoms with Crippen LogP contribution in [0, 0.1) is 0 Å². The van der Waals surface area contributed by atoms with Crippen LogP contribution in [0.1, 0.15) is 51.0 Å². The summed E-state index contributed by atoms with van der Waals surface area (Å²) in [6, 6.07) is 8.22. The van der Waals surface area contributed by atoms with E-state index in [-0.39, 0.29) is 6.10 Å². The van der Waals surface area contributed by atoms with Crippen LogP contribution in [0.4, 0.5) is 0 Å². The Kier molecular flexibility index (Phi) is 8.05. The maximum atomic E-state index is 10.1. The lowest BCUT2D eigenvalue weighted by atomic mass is 10.0. The van der Waals surface area contributed by atoms with Gasteiger partial charge >= 0.3 is 0 Å². The largest absolute Gasteiger partial charge is 0.544 e. The molecule has 0 saturated carbocycles. The Bertz CT molecular complexity index is 381. The Morgan fingerprint density at radius 3 is 2.19 bits per heavy atom. The zero-order valence-electron chi connectivity index (χ0n) is 14.2. The third-order valence-electron chi connectivity index (χ3n) is 3.46. The fourth-order valence-electron chi connectivity index (χ4n) is 2.40. The van der Waals surface area contributed by atoms with Gasteiger partial charge in [-0.1, -0.05) is 51.2 Å². The third kappa shape index (κ3) is 8.94. The first-order chi connectivity index (χ1) is 9.90. The molecule has 0 fully saturated rings. The van der Waals surface area contributed by atoms with Crippen LogP contribution in [0.2, 0.25) is 19.6 Å². The summed E-state index contributed by atoms with van der Waals surface area (Å²) in [7, 11) is -1.53. The molecule has 1 atom stereocenters. The van der Waals surface area contributed by atoms with Crippen molar-refractivity contribution < 1.29 is 9.53 Å². The van der Waals surface area contributed by atoms with Crippen LogP contribution < -0.4 is 4.43 Å². The second-order valence-corrected chi connectivity index (χ2v) is 11.3. The Morgan fingerprint density at radius 2 is 1.62 bits per heavy atom. The number of aliphatic hydroxyl groups is 1. The molecule has 0 aliphatic carbocycles. The highest BCUT2D eigenvalue weighted by molar-refractivity contribution is 6.70. The minimum absolute atomic E-state index is 0.213. The van der Waals surface area contributed by atoms with Gasteiger partial charge in [-0.15, -0.1) is 0 Å². The van der Waals surface area contributed by atoms with Crippen molar-refractivity contribution in [1.82, 2.24) is 0 Å². The van der Waals surface area contributed by atoms with Crippen molar-refractivity contribution in [3.8, 4) is 5.75 Å². The normalized spacial score (nSPS) is 13.2. The SMILES string of the molecule is CCCCCCCC(O)Cc1ccc(O[Si](C)(C)C)cc1. The van der Waals surface area contributed by atoms with E-state index in [2.05, 4.69) is 38.7 Å². The highest BCUT2D eigenvalue weighted by Crippen LogP contribution is 2.18. The van der Waals surface area contributed by atoms with Gasteiger partial charge in [-0.05, 0) is 50.2 Å². The fraction of sp³-hybridized carbons (Fsp3) is 0.667. The van der Waals surface area contributed by atoms with Crippen molar-refractivity contribution in [2.24, 2.45) is 0 Å². The number of hydrogen-bond acceptors (Lipinski definition) is 2. The van der Waals surface area contributed by atoms with E-state index < -0.39 is 8.32 Å². The summed E-state index contributed by atoms with van der Waals surface area (Å²) in [6.07, 6.45) is 7.72. The molecule has 0 aromatic heterocycles. The highest BCUT2D eigenvalue weighted by atomic mass is 28.4. The van der Waals surface area contributed by atoms with Gasteiger partial charge in [0.15, 0.2) is 0 Å². The highest BCUT2D eigenvalue weighted by Gasteiger charge is 2.16. The van der Waals surface area contributed by atoms with E-state index in [4.69, 9.17) is 4.43 Å². The summed E-state index contributed by atoms with van der Waals surface area (Å²) in [4.78, 5) is 0. The fourth-order valence-corrected chi connectivity index (χ4v) is 3.25. The molecule has 0 aliphatic heterocycles. The van der Waals surface area contributed by atoms with Crippen LogP contribution in [0.5, 0.6) is 5.75 Å². The molecule has 1 N–H and O–H groups in total. The first kappa shape index (κ1) is 18.2. The van der Waals surface area contributed by atoms with E-state index in [0.717, 1.165) is 25.0 Å².